The van der Waals surface area contributed by atoms with Gasteiger partial charge in [-0.3, -0.25) is 9.69 Å². The van der Waals surface area contributed by atoms with Crippen LogP contribution in [-0.4, -0.2) is 41.8 Å². The number of alkyl halides is 3. The highest BCUT2D eigenvalue weighted by atomic mass is 19.4. The summed E-state index contributed by atoms with van der Waals surface area (Å²) in [5.74, 6) is -1.23. The van der Waals surface area contributed by atoms with Gasteiger partial charge in [-0.1, -0.05) is 13.8 Å². The molecule has 0 aromatic rings. The first kappa shape index (κ1) is 13.2. The van der Waals surface area contributed by atoms with Gasteiger partial charge in [0.1, 0.15) is 0 Å². The predicted octanol–water partition coefficient (Wildman–Crippen LogP) is 1.59. The Kier molecular flexibility index (Phi) is 4.90. The van der Waals surface area contributed by atoms with Gasteiger partial charge in [0.15, 0.2) is 0 Å². The van der Waals surface area contributed by atoms with Crippen LogP contribution in [0.5, 0.6) is 0 Å². The number of nitrogens with zero attached hydrogens (tertiary/aromatic N) is 1. The van der Waals surface area contributed by atoms with Crippen LogP contribution in [0.25, 0.3) is 0 Å². The number of carboxylic acids is 1. The minimum Gasteiger partial charge on any atom is -0.480 e. The minimum absolute atomic E-state index is 0.0108. The van der Waals surface area contributed by atoms with E-state index in [1.807, 2.05) is 0 Å². The molecule has 0 saturated heterocycles. The highest BCUT2D eigenvalue weighted by molar-refractivity contribution is 5.69. The molecule has 6 heteroatoms. The molecule has 0 bridgehead atoms. The van der Waals surface area contributed by atoms with Crippen LogP contribution in [0.4, 0.5) is 13.2 Å². The average Bonchev–Trinajstić information content (AvgIpc) is 1.77. The Morgan fingerprint density at radius 1 is 1.43 bits per heavy atom. The lowest BCUT2D eigenvalue weighted by Crippen LogP contribution is -2.39. The van der Waals surface area contributed by atoms with Crippen molar-refractivity contribution < 1.29 is 23.1 Å². The van der Waals surface area contributed by atoms with Crippen molar-refractivity contribution in [2.75, 3.05) is 19.6 Å². The van der Waals surface area contributed by atoms with Gasteiger partial charge < -0.3 is 5.11 Å². The Balaban J connectivity index is 4.17. The quantitative estimate of drug-likeness (QED) is 0.754. The van der Waals surface area contributed by atoms with Crippen molar-refractivity contribution in [3.05, 3.63) is 0 Å². The molecule has 0 unspecified atom stereocenters. The zero-order valence-electron chi connectivity index (χ0n) is 8.14. The third kappa shape index (κ3) is 7.85. The number of rotatable bonds is 5. The molecule has 0 aliphatic rings. The van der Waals surface area contributed by atoms with Crippen LogP contribution >= 0.6 is 0 Å². The van der Waals surface area contributed by atoms with Crippen LogP contribution in [-0.2, 0) is 4.79 Å². The van der Waals surface area contributed by atoms with Crippen molar-refractivity contribution in [2.24, 2.45) is 5.92 Å². The zero-order valence-corrected chi connectivity index (χ0v) is 8.14. The molecular formula is C8H14F3NO2. The first-order chi connectivity index (χ1) is 6.20. The van der Waals surface area contributed by atoms with Crippen molar-refractivity contribution in [1.29, 1.82) is 0 Å². The minimum atomic E-state index is -4.34. The SMILES string of the molecule is CC(C)CN(CC(=O)O)CC(F)(F)F. The lowest BCUT2D eigenvalue weighted by molar-refractivity contribution is -0.154. The van der Waals surface area contributed by atoms with E-state index in [4.69, 9.17) is 5.11 Å². The second kappa shape index (κ2) is 5.19. The van der Waals surface area contributed by atoms with Gasteiger partial charge >= 0.3 is 12.1 Å². The fourth-order valence-electron chi connectivity index (χ4n) is 1.15. The molecule has 1 N–H and O–H groups in total. The fraction of sp³-hybridized carbons (Fsp3) is 0.875. The maximum absolute atomic E-state index is 12.0. The van der Waals surface area contributed by atoms with Crippen LogP contribution < -0.4 is 0 Å². The van der Waals surface area contributed by atoms with Crippen LogP contribution in [0.1, 0.15) is 13.8 Å². The van der Waals surface area contributed by atoms with E-state index < -0.39 is 25.2 Å². The standard InChI is InChI=1S/C8H14F3NO2/c1-6(2)3-12(4-7(13)14)5-8(9,10)11/h6H,3-5H2,1-2H3,(H,13,14). The first-order valence-electron chi connectivity index (χ1n) is 4.21. The Morgan fingerprint density at radius 3 is 2.21 bits per heavy atom. The molecular weight excluding hydrogens is 199 g/mol. The van der Waals surface area contributed by atoms with Crippen LogP contribution in [0.15, 0.2) is 0 Å². The Morgan fingerprint density at radius 2 is 1.93 bits per heavy atom. The van der Waals surface area contributed by atoms with E-state index in [-0.39, 0.29) is 12.5 Å². The van der Waals surface area contributed by atoms with E-state index >= 15 is 0 Å². The van der Waals surface area contributed by atoms with Gasteiger partial charge in [0.05, 0.1) is 13.1 Å². The summed E-state index contributed by atoms with van der Waals surface area (Å²) in [4.78, 5) is 11.1. The van der Waals surface area contributed by atoms with Crippen molar-refractivity contribution in [1.82, 2.24) is 4.90 Å². The zero-order chi connectivity index (χ0) is 11.4. The Bertz CT molecular complexity index is 192. The molecule has 0 spiro atoms. The molecule has 0 aliphatic carbocycles. The van der Waals surface area contributed by atoms with Gasteiger partial charge in [-0.05, 0) is 5.92 Å². The van der Waals surface area contributed by atoms with E-state index in [1.165, 1.54) is 0 Å². The van der Waals surface area contributed by atoms with E-state index in [1.54, 1.807) is 13.8 Å². The molecule has 0 aromatic carbocycles. The van der Waals surface area contributed by atoms with E-state index in [2.05, 4.69) is 0 Å². The van der Waals surface area contributed by atoms with E-state index in [0.29, 0.717) is 0 Å². The van der Waals surface area contributed by atoms with Gasteiger partial charge in [0, 0.05) is 6.54 Å². The lowest BCUT2D eigenvalue weighted by Gasteiger charge is -2.23. The molecule has 0 heterocycles. The highest BCUT2D eigenvalue weighted by Crippen LogP contribution is 2.16. The number of aliphatic carboxylic acids is 1. The van der Waals surface area contributed by atoms with Gasteiger partial charge in [0.25, 0.3) is 0 Å². The molecule has 84 valence electrons. The maximum Gasteiger partial charge on any atom is 0.401 e. The highest BCUT2D eigenvalue weighted by Gasteiger charge is 2.31. The van der Waals surface area contributed by atoms with Crippen molar-refractivity contribution in [3.8, 4) is 0 Å². The Labute approximate surface area is 80.5 Å². The number of hydrogen-bond donors (Lipinski definition) is 1. The van der Waals surface area contributed by atoms with Gasteiger partial charge in [-0.15, -0.1) is 0 Å². The molecule has 0 fully saturated rings. The van der Waals surface area contributed by atoms with E-state index in [9.17, 15) is 18.0 Å². The number of halogens is 3. The lowest BCUT2D eigenvalue weighted by atomic mass is 10.2. The van der Waals surface area contributed by atoms with Crippen LogP contribution in [0, 0.1) is 5.92 Å². The monoisotopic (exact) mass is 213 g/mol. The van der Waals surface area contributed by atoms with Crippen molar-refractivity contribution >= 4 is 5.97 Å². The van der Waals surface area contributed by atoms with Gasteiger partial charge in [-0.25, -0.2) is 0 Å². The summed E-state index contributed by atoms with van der Waals surface area (Å²) in [6, 6.07) is 0. The molecule has 3 nitrogen and oxygen atoms in total. The molecule has 0 atom stereocenters. The summed E-state index contributed by atoms with van der Waals surface area (Å²) in [6.07, 6.45) is -4.34. The summed E-state index contributed by atoms with van der Waals surface area (Å²) in [5.41, 5.74) is 0. The normalized spacial score (nSPS) is 12.5. The largest absolute Gasteiger partial charge is 0.480 e. The van der Waals surface area contributed by atoms with Gasteiger partial charge in [0.2, 0.25) is 0 Å². The average molecular weight is 213 g/mol. The van der Waals surface area contributed by atoms with Gasteiger partial charge in [-0.2, -0.15) is 13.2 Å². The summed E-state index contributed by atoms with van der Waals surface area (Å²) < 4.78 is 35.9. The molecule has 0 radical (unpaired) electrons. The van der Waals surface area contributed by atoms with Crippen molar-refractivity contribution in [2.45, 2.75) is 20.0 Å². The molecule has 0 saturated carbocycles. The molecule has 0 amide bonds. The van der Waals surface area contributed by atoms with Crippen LogP contribution in [0.2, 0.25) is 0 Å². The molecule has 0 rings (SSSR count). The summed E-state index contributed by atoms with van der Waals surface area (Å²) in [5, 5.41) is 8.38. The topological polar surface area (TPSA) is 40.5 Å². The maximum atomic E-state index is 12.0. The van der Waals surface area contributed by atoms with Crippen LogP contribution in [0.3, 0.4) is 0 Å². The third-order valence-corrected chi connectivity index (χ3v) is 1.39. The molecule has 0 aliphatic heterocycles. The Hall–Kier alpha value is -0.780. The third-order valence-electron chi connectivity index (χ3n) is 1.39. The summed E-state index contributed by atoms with van der Waals surface area (Å²) in [6.45, 7) is 1.87. The summed E-state index contributed by atoms with van der Waals surface area (Å²) in [7, 11) is 0. The first-order valence-corrected chi connectivity index (χ1v) is 4.21. The second-order valence-corrected chi connectivity index (χ2v) is 3.57. The molecule has 0 aromatic heterocycles. The predicted molar refractivity (Wildman–Crippen MR) is 45.0 cm³/mol. The van der Waals surface area contributed by atoms with E-state index in [0.717, 1.165) is 4.90 Å². The second-order valence-electron chi connectivity index (χ2n) is 3.57. The smallest absolute Gasteiger partial charge is 0.401 e. The fourth-order valence-corrected chi connectivity index (χ4v) is 1.15. The molecule has 14 heavy (non-hydrogen) atoms. The number of carbonyl (C=O) groups is 1. The number of hydrogen-bond acceptors (Lipinski definition) is 2. The van der Waals surface area contributed by atoms with Crippen molar-refractivity contribution in [3.63, 3.8) is 0 Å². The summed E-state index contributed by atoms with van der Waals surface area (Å²) >= 11 is 0. The number of carboxylic acid groups (broad SMARTS) is 1.